The molecule has 0 aliphatic rings. The summed E-state index contributed by atoms with van der Waals surface area (Å²) < 4.78 is 32.5. The van der Waals surface area contributed by atoms with Gasteiger partial charge >= 0.3 is 0 Å². The molecule has 1 N–H and O–H groups in total. The van der Waals surface area contributed by atoms with Crippen LogP contribution >= 0.6 is 0 Å². The van der Waals surface area contributed by atoms with Gasteiger partial charge in [-0.1, -0.05) is 30.0 Å². The zero-order valence-corrected chi connectivity index (χ0v) is 11.5. The second-order valence-electron chi connectivity index (χ2n) is 4.44. The van der Waals surface area contributed by atoms with E-state index in [9.17, 15) is 8.78 Å². The molecule has 0 bridgehead atoms. The minimum Gasteiger partial charge on any atom is -0.486 e. The molecule has 0 spiro atoms. The third-order valence-electron chi connectivity index (χ3n) is 2.91. The summed E-state index contributed by atoms with van der Waals surface area (Å²) in [7, 11) is 0. The Bertz CT molecular complexity index is 700. The second-order valence-corrected chi connectivity index (χ2v) is 4.44. The van der Waals surface area contributed by atoms with E-state index in [2.05, 4.69) is 11.8 Å². The van der Waals surface area contributed by atoms with Crippen molar-refractivity contribution in [3.8, 4) is 17.6 Å². The van der Waals surface area contributed by atoms with Crippen LogP contribution in [0.15, 0.2) is 36.4 Å². The van der Waals surface area contributed by atoms with Gasteiger partial charge in [0, 0.05) is 11.1 Å². The van der Waals surface area contributed by atoms with Crippen molar-refractivity contribution in [2.45, 2.75) is 13.5 Å². The molecular formula is C17H14F2O2. The Morgan fingerprint density at radius 1 is 1.19 bits per heavy atom. The summed E-state index contributed by atoms with van der Waals surface area (Å²) in [6.45, 7) is 1.40. The van der Waals surface area contributed by atoms with E-state index in [0.717, 1.165) is 0 Å². The Hall–Kier alpha value is -2.38. The summed E-state index contributed by atoms with van der Waals surface area (Å²) in [5.41, 5.74) is 1.53. The monoisotopic (exact) mass is 288 g/mol. The van der Waals surface area contributed by atoms with Crippen molar-refractivity contribution < 1.29 is 18.6 Å². The molecule has 0 saturated heterocycles. The summed E-state index contributed by atoms with van der Waals surface area (Å²) in [4.78, 5) is 0. The lowest BCUT2D eigenvalue weighted by atomic mass is 10.1. The van der Waals surface area contributed by atoms with E-state index in [1.54, 1.807) is 19.1 Å². The molecular weight excluding hydrogens is 274 g/mol. The number of hydrogen-bond acceptors (Lipinski definition) is 2. The van der Waals surface area contributed by atoms with Crippen molar-refractivity contribution in [1.29, 1.82) is 0 Å². The molecule has 2 aromatic rings. The highest BCUT2D eigenvalue weighted by molar-refractivity contribution is 5.42. The zero-order chi connectivity index (χ0) is 15.2. The van der Waals surface area contributed by atoms with E-state index >= 15 is 0 Å². The van der Waals surface area contributed by atoms with Crippen molar-refractivity contribution in [3.63, 3.8) is 0 Å². The van der Waals surface area contributed by atoms with Gasteiger partial charge in [-0.25, -0.2) is 8.78 Å². The molecule has 0 aliphatic carbocycles. The van der Waals surface area contributed by atoms with Gasteiger partial charge in [-0.15, -0.1) is 0 Å². The van der Waals surface area contributed by atoms with Gasteiger partial charge in [0.1, 0.15) is 19.0 Å². The van der Waals surface area contributed by atoms with Crippen LogP contribution < -0.4 is 4.74 Å². The number of aliphatic hydroxyl groups is 1. The molecule has 0 radical (unpaired) electrons. The molecule has 0 heterocycles. The number of halogens is 2. The maximum absolute atomic E-state index is 13.8. The second kappa shape index (κ2) is 6.87. The predicted molar refractivity (Wildman–Crippen MR) is 75.8 cm³/mol. The Labute approximate surface area is 122 Å². The Kier molecular flexibility index (Phi) is 4.91. The molecule has 0 saturated carbocycles. The summed E-state index contributed by atoms with van der Waals surface area (Å²) >= 11 is 0. The molecule has 4 heteroatoms. The van der Waals surface area contributed by atoms with Crippen LogP contribution in [0.3, 0.4) is 0 Å². The number of aliphatic hydroxyl groups excluding tert-OH is 1. The molecule has 2 aromatic carbocycles. The molecule has 108 valence electrons. The maximum Gasteiger partial charge on any atom is 0.167 e. The SMILES string of the molecule is Cc1cccc(OCc2ccc(F)cc2C#CCO)c1F. The van der Waals surface area contributed by atoms with E-state index in [4.69, 9.17) is 9.84 Å². The molecule has 21 heavy (non-hydrogen) atoms. The summed E-state index contributed by atoms with van der Waals surface area (Å²) in [6, 6.07) is 8.96. The van der Waals surface area contributed by atoms with Crippen molar-refractivity contribution >= 4 is 0 Å². The van der Waals surface area contributed by atoms with E-state index in [1.807, 2.05) is 0 Å². The third kappa shape index (κ3) is 3.80. The minimum atomic E-state index is -0.428. The van der Waals surface area contributed by atoms with Gasteiger partial charge in [-0.2, -0.15) is 0 Å². The lowest BCUT2D eigenvalue weighted by Gasteiger charge is -2.10. The van der Waals surface area contributed by atoms with Crippen LogP contribution in [0.4, 0.5) is 8.78 Å². The van der Waals surface area contributed by atoms with Crippen molar-refractivity contribution in [2.75, 3.05) is 6.61 Å². The highest BCUT2D eigenvalue weighted by atomic mass is 19.1. The maximum atomic E-state index is 13.8. The average molecular weight is 288 g/mol. The Morgan fingerprint density at radius 2 is 2.00 bits per heavy atom. The van der Waals surface area contributed by atoms with Gasteiger partial charge in [0.05, 0.1) is 0 Å². The first kappa shape index (κ1) is 15.0. The normalized spacial score (nSPS) is 9.90. The summed E-state index contributed by atoms with van der Waals surface area (Å²) in [6.07, 6.45) is 0. The lowest BCUT2D eigenvalue weighted by molar-refractivity contribution is 0.289. The summed E-state index contributed by atoms with van der Waals surface area (Å²) in [5.74, 6) is 4.41. The van der Waals surface area contributed by atoms with Crippen LogP contribution in [0, 0.1) is 30.4 Å². The molecule has 0 aliphatic heterocycles. The van der Waals surface area contributed by atoms with Crippen molar-refractivity contribution in [3.05, 3.63) is 64.7 Å². The lowest BCUT2D eigenvalue weighted by Crippen LogP contribution is -2.01. The van der Waals surface area contributed by atoms with Gasteiger partial charge in [0.15, 0.2) is 11.6 Å². The fraction of sp³-hybridized carbons (Fsp3) is 0.176. The minimum absolute atomic E-state index is 0.0656. The quantitative estimate of drug-likeness (QED) is 0.879. The van der Waals surface area contributed by atoms with E-state index in [-0.39, 0.29) is 19.0 Å². The molecule has 2 rings (SSSR count). The molecule has 0 amide bonds. The smallest absolute Gasteiger partial charge is 0.167 e. The first-order valence-electron chi connectivity index (χ1n) is 6.38. The average Bonchev–Trinajstić information content (AvgIpc) is 2.48. The molecule has 2 nitrogen and oxygen atoms in total. The van der Waals surface area contributed by atoms with Gasteiger partial charge in [-0.05, 0) is 30.7 Å². The topological polar surface area (TPSA) is 29.5 Å². The van der Waals surface area contributed by atoms with Crippen LogP contribution in [-0.2, 0) is 6.61 Å². The number of benzene rings is 2. The summed E-state index contributed by atoms with van der Waals surface area (Å²) in [5, 5.41) is 8.71. The number of ether oxygens (including phenoxy) is 1. The van der Waals surface area contributed by atoms with Crippen LogP contribution in [0.5, 0.6) is 5.75 Å². The first-order chi connectivity index (χ1) is 10.1. The number of rotatable bonds is 3. The van der Waals surface area contributed by atoms with Gasteiger partial charge in [-0.3, -0.25) is 0 Å². The predicted octanol–water partition coefficient (Wildman–Crippen LogP) is 3.20. The van der Waals surface area contributed by atoms with E-state index < -0.39 is 11.6 Å². The van der Waals surface area contributed by atoms with Gasteiger partial charge in [0.2, 0.25) is 0 Å². The largest absolute Gasteiger partial charge is 0.486 e. The van der Waals surface area contributed by atoms with Crippen LogP contribution in [0.2, 0.25) is 0 Å². The molecule has 0 fully saturated rings. The highest BCUT2D eigenvalue weighted by Crippen LogP contribution is 2.21. The first-order valence-corrected chi connectivity index (χ1v) is 6.38. The van der Waals surface area contributed by atoms with Gasteiger partial charge < -0.3 is 9.84 Å². The fourth-order valence-electron chi connectivity index (χ4n) is 1.81. The van der Waals surface area contributed by atoms with E-state index in [0.29, 0.717) is 16.7 Å². The van der Waals surface area contributed by atoms with Crippen LogP contribution in [0.25, 0.3) is 0 Å². The van der Waals surface area contributed by atoms with Crippen molar-refractivity contribution in [1.82, 2.24) is 0 Å². The third-order valence-corrected chi connectivity index (χ3v) is 2.91. The van der Waals surface area contributed by atoms with Crippen LogP contribution in [0.1, 0.15) is 16.7 Å². The van der Waals surface area contributed by atoms with E-state index in [1.165, 1.54) is 24.3 Å². The zero-order valence-electron chi connectivity index (χ0n) is 11.5. The molecule has 0 aromatic heterocycles. The highest BCUT2D eigenvalue weighted by Gasteiger charge is 2.08. The number of aryl methyl sites for hydroxylation is 1. The molecule has 0 atom stereocenters. The van der Waals surface area contributed by atoms with Crippen molar-refractivity contribution in [2.24, 2.45) is 0 Å². The Balaban J connectivity index is 2.22. The van der Waals surface area contributed by atoms with Crippen LogP contribution in [-0.4, -0.2) is 11.7 Å². The Morgan fingerprint density at radius 3 is 2.76 bits per heavy atom. The van der Waals surface area contributed by atoms with Gasteiger partial charge in [0.25, 0.3) is 0 Å². The standard InChI is InChI=1S/C17H14F2O2/c1-12-4-2-6-16(17(12)19)21-11-14-7-8-15(18)10-13(14)5-3-9-20/h2,4,6-8,10,20H,9,11H2,1H3. The number of hydrogen-bond donors (Lipinski definition) is 1. The molecule has 0 unspecified atom stereocenters. The fourth-order valence-corrected chi connectivity index (χ4v) is 1.81.